The normalized spacial score (nSPS) is 13.9. The van der Waals surface area contributed by atoms with Crippen molar-refractivity contribution in [2.75, 3.05) is 22.4 Å². The summed E-state index contributed by atoms with van der Waals surface area (Å²) in [6, 6.07) is 10.1. The minimum atomic E-state index is -3.75. The summed E-state index contributed by atoms with van der Waals surface area (Å²) >= 11 is 3.27. The van der Waals surface area contributed by atoms with Crippen LogP contribution in [0.3, 0.4) is 0 Å². The van der Waals surface area contributed by atoms with Crippen LogP contribution in [-0.2, 0) is 21.2 Å². The van der Waals surface area contributed by atoms with Crippen LogP contribution < -0.4 is 9.62 Å². The Morgan fingerprint density at radius 2 is 2.07 bits per heavy atom. The number of likely N-dealkylation sites (N-methyl/N-ethyl adjacent to an activating group) is 1. The molecule has 6 nitrogen and oxygen atoms in total. The Morgan fingerprint density at radius 3 is 2.86 bits per heavy atom. The Hall–Kier alpha value is -2.10. The van der Waals surface area contributed by atoms with E-state index in [1.54, 1.807) is 53.2 Å². The van der Waals surface area contributed by atoms with Gasteiger partial charge in [-0.3, -0.25) is 9.52 Å². The molecule has 0 fully saturated rings. The number of thioether (sulfide) groups is 1. The number of carbonyl (C=O) groups excluding carboxylic acids is 1. The topological polar surface area (TPSA) is 79.4 Å². The third-order valence-electron chi connectivity index (χ3n) is 4.49. The lowest BCUT2D eigenvalue weighted by atomic mass is 10.2. The van der Waals surface area contributed by atoms with Gasteiger partial charge in [0.25, 0.3) is 10.0 Å². The number of hydrogen-bond donors (Lipinski definition) is 1. The third kappa shape index (κ3) is 3.61. The van der Waals surface area contributed by atoms with Crippen molar-refractivity contribution in [1.82, 2.24) is 4.98 Å². The van der Waals surface area contributed by atoms with Crippen LogP contribution in [0.2, 0.25) is 0 Å². The van der Waals surface area contributed by atoms with Gasteiger partial charge in [0.2, 0.25) is 5.91 Å². The number of fused-ring (bicyclic) bond motifs is 2. The lowest BCUT2D eigenvalue weighted by Crippen LogP contribution is -2.20. The first kappa shape index (κ1) is 19.2. The fourth-order valence-electron chi connectivity index (χ4n) is 3.05. The number of amides is 1. The van der Waals surface area contributed by atoms with E-state index >= 15 is 0 Å². The summed E-state index contributed by atoms with van der Waals surface area (Å²) in [6.07, 6.45) is 1.30. The van der Waals surface area contributed by atoms with Gasteiger partial charge in [0.15, 0.2) is 4.34 Å². The molecule has 9 heteroatoms. The number of carbonyl (C=O) groups is 1. The molecular formula is C19H19N3O3S3. The standard InChI is InChI=1S/C19H19N3O3S3/c1-3-8-26-19-20-15-6-4-13(11-17(15)27-19)21-28(24,25)14-5-7-16-12(9-14)10-18(23)22(16)2/h4-7,9,11,21H,3,8,10H2,1-2H3. The molecule has 28 heavy (non-hydrogen) atoms. The monoisotopic (exact) mass is 433 g/mol. The summed E-state index contributed by atoms with van der Waals surface area (Å²) in [7, 11) is -2.05. The number of anilines is 2. The molecule has 3 aromatic rings. The zero-order valence-corrected chi connectivity index (χ0v) is 17.9. The molecule has 1 aliphatic heterocycles. The fraction of sp³-hybridized carbons (Fsp3) is 0.263. The van der Waals surface area contributed by atoms with Gasteiger partial charge in [0, 0.05) is 18.5 Å². The van der Waals surface area contributed by atoms with Crippen LogP contribution in [0.15, 0.2) is 45.6 Å². The molecule has 146 valence electrons. The fourth-order valence-corrected chi connectivity index (χ4v) is 6.18. The zero-order chi connectivity index (χ0) is 19.9. The lowest BCUT2D eigenvalue weighted by Gasteiger charge is -2.12. The van der Waals surface area contributed by atoms with E-state index in [2.05, 4.69) is 16.6 Å². The van der Waals surface area contributed by atoms with Crippen LogP contribution in [0, 0.1) is 0 Å². The second kappa shape index (κ2) is 7.38. The van der Waals surface area contributed by atoms with Gasteiger partial charge in [-0.2, -0.15) is 0 Å². The molecule has 2 heterocycles. The highest BCUT2D eigenvalue weighted by Gasteiger charge is 2.26. The van der Waals surface area contributed by atoms with Gasteiger partial charge in [0.1, 0.15) is 0 Å². The van der Waals surface area contributed by atoms with E-state index in [1.165, 1.54) is 6.07 Å². The van der Waals surface area contributed by atoms with Crippen molar-refractivity contribution >= 4 is 60.6 Å². The minimum Gasteiger partial charge on any atom is -0.315 e. The predicted molar refractivity (Wildman–Crippen MR) is 115 cm³/mol. The minimum absolute atomic E-state index is 0.0371. The summed E-state index contributed by atoms with van der Waals surface area (Å²) < 4.78 is 30.2. The maximum atomic E-state index is 12.8. The van der Waals surface area contributed by atoms with E-state index in [-0.39, 0.29) is 17.2 Å². The molecule has 0 bridgehead atoms. The molecule has 0 spiro atoms. The SMILES string of the molecule is CCCSc1nc2ccc(NS(=O)(=O)c3ccc4c(c3)CC(=O)N4C)cc2s1. The first-order valence-corrected chi connectivity index (χ1v) is 12.1. The summed E-state index contributed by atoms with van der Waals surface area (Å²) in [5.41, 5.74) is 2.85. The molecule has 0 atom stereocenters. The third-order valence-corrected chi connectivity index (χ3v) is 8.24. The zero-order valence-electron chi connectivity index (χ0n) is 15.4. The van der Waals surface area contributed by atoms with Gasteiger partial charge in [-0.05, 0) is 48.4 Å². The molecule has 4 rings (SSSR count). The van der Waals surface area contributed by atoms with E-state index in [0.717, 1.165) is 38.0 Å². The van der Waals surface area contributed by atoms with Crippen molar-refractivity contribution in [2.24, 2.45) is 0 Å². The number of nitrogens with zero attached hydrogens (tertiary/aromatic N) is 2. The van der Waals surface area contributed by atoms with E-state index in [9.17, 15) is 13.2 Å². The highest BCUT2D eigenvalue weighted by Crippen LogP contribution is 2.33. The van der Waals surface area contributed by atoms with E-state index < -0.39 is 10.0 Å². The number of hydrogen-bond acceptors (Lipinski definition) is 6. The second-order valence-electron chi connectivity index (χ2n) is 6.54. The van der Waals surface area contributed by atoms with Gasteiger partial charge in [0.05, 0.1) is 27.2 Å². The number of rotatable bonds is 6. The van der Waals surface area contributed by atoms with Gasteiger partial charge in [-0.25, -0.2) is 13.4 Å². The van der Waals surface area contributed by atoms with Crippen LogP contribution in [0.25, 0.3) is 10.2 Å². The summed E-state index contributed by atoms with van der Waals surface area (Å²) in [4.78, 5) is 18.1. The molecule has 2 aromatic carbocycles. The van der Waals surface area contributed by atoms with E-state index in [1.807, 2.05) is 12.1 Å². The average molecular weight is 434 g/mol. The van der Waals surface area contributed by atoms with Crippen molar-refractivity contribution in [3.8, 4) is 0 Å². The number of sulfonamides is 1. The van der Waals surface area contributed by atoms with Crippen LogP contribution in [-0.4, -0.2) is 32.1 Å². The Labute approximate surface area is 172 Å². The largest absolute Gasteiger partial charge is 0.315 e. The molecule has 1 N–H and O–H groups in total. The predicted octanol–water partition coefficient (Wildman–Crippen LogP) is 4.12. The van der Waals surface area contributed by atoms with Gasteiger partial charge in [-0.1, -0.05) is 18.7 Å². The summed E-state index contributed by atoms with van der Waals surface area (Å²) in [6.45, 7) is 2.13. The van der Waals surface area contributed by atoms with Crippen LogP contribution in [0.1, 0.15) is 18.9 Å². The number of nitrogens with one attached hydrogen (secondary N) is 1. The van der Waals surface area contributed by atoms with E-state index in [4.69, 9.17) is 0 Å². The van der Waals surface area contributed by atoms with Crippen molar-refractivity contribution in [1.29, 1.82) is 0 Å². The maximum absolute atomic E-state index is 12.8. The van der Waals surface area contributed by atoms with Crippen LogP contribution >= 0.6 is 23.1 Å². The summed E-state index contributed by atoms with van der Waals surface area (Å²) in [5, 5.41) is 0. The van der Waals surface area contributed by atoms with Gasteiger partial charge >= 0.3 is 0 Å². The lowest BCUT2D eigenvalue weighted by molar-refractivity contribution is -0.117. The van der Waals surface area contributed by atoms with Crippen molar-refractivity contribution in [3.63, 3.8) is 0 Å². The summed E-state index contributed by atoms with van der Waals surface area (Å²) in [5.74, 6) is 0.972. The first-order valence-electron chi connectivity index (χ1n) is 8.83. The first-order chi connectivity index (χ1) is 13.4. The van der Waals surface area contributed by atoms with Crippen LogP contribution in [0.4, 0.5) is 11.4 Å². The highest BCUT2D eigenvalue weighted by molar-refractivity contribution is 8.01. The molecule has 1 amide bonds. The van der Waals surface area contributed by atoms with Crippen molar-refractivity contribution in [2.45, 2.75) is 29.0 Å². The number of aromatic nitrogens is 1. The molecule has 1 aromatic heterocycles. The van der Waals surface area contributed by atoms with Crippen molar-refractivity contribution < 1.29 is 13.2 Å². The number of thiazole rings is 1. The quantitative estimate of drug-likeness (QED) is 0.592. The second-order valence-corrected chi connectivity index (χ2v) is 10.6. The Morgan fingerprint density at radius 1 is 1.25 bits per heavy atom. The van der Waals surface area contributed by atoms with Gasteiger partial charge in [-0.15, -0.1) is 11.3 Å². The van der Waals surface area contributed by atoms with Crippen molar-refractivity contribution in [3.05, 3.63) is 42.0 Å². The molecule has 1 aliphatic rings. The van der Waals surface area contributed by atoms with E-state index in [0.29, 0.717) is 5.69 Å². The smallest absolute Gasteiger partial charge is 0.261 e. The average Bonchev–Trinajstić information content (AvgIpc) is 3.19. The molecule has 0 saturated heterocycles. The molecular weight excluding hydrogens is 414 g/mol. The van der Waals surface area contributed by atoms with Gasteiger partial charge < -0.3 is 4.90 Å². The molecule has 0 saturated carbocycles. The molecule has 0 unspecified atom stereocenters. The number of benzene rings is 2. The molecule has 0 aliphatic carbocycles. The maximum Gasteiger partial charge on any atom is 0.261 e. The van der Waals surface area contributed by atoms with Crippen LogP contribution in [0.5, 0.6) is 0 Å². The Balaban J connectivity index is 1.59. The highest BCUT2D eigenvalue weighted by atomic mass is 32.2. The Kier molecular flexibility index (Phi) is 5.07. The molecule has 0 radical (unpaired) electrons. The Bertz CT molecular complexity index is 1170.